The fraction of sp³-hybridized carbons (Fsp3) is 0.154. The van der Waals surface area contributed by atoms with E-state index in [0.29, 0.717) is 10.7 Å². The van der Waals surface area contributed by atoms with E-state index in [-0.39, 0.29) is 11.9 Å². The summed E-state index contributed by atoms with van der Waals surface area (Å²) in [6.45, 7) is 0. The number of nitrogens with one attached hydrogen (secondary N) is 1. The second-order valence-corrected chi connectivity index (χ2v) is 4.55. The smallest absolute Gasteiger partial charge is 0.148 e. The zero-order valence-corrected chi connectivity index (χ0v) is 9.71. The lowest BCUT2D eigenvalue weighted by molar-refractivity contribution is 0.631. The summed E-state index contributed by atoms with van der Waals surface area (Å²) in [7, 11) is 0. The molecule has 1 atom stereocenters. The van der Waals surface area contributed by atoms with Gasteiger partial charge in [0.1, 0.15) is 5.82 Å². The molecule has 1 unspecified atom stereocenters. The van der Waals surface area contributed by atoms with Crippen molar-refractivity contribution in [3.8, 4) is 0 Å². The highest BCUT2D eigenvalue weighted by Gasteiger charge is 2.25. The first-order chi connectivity index (χ1) is 8.24. The molecule has 0 fully saturated rings. The van der Waals surface area contributed by atoms with Crippen LogP contribution in [0.25, 0.3) is 0 Å². The van der Waals surface area contributed by atoms with Gasteiger partial charge in [-0.25, -0.2) is 4.39 Å². The molecule has 0 saturated heterocycles. The molecule has 0 radical (unpaired) electrons. The average Bonchev–Trinajstić information content (AvgIpc) is 2.74. The zero-order valence-electron chi connectivity index (χ0n) is 8.95. The topological polar surface area (TPSA) is 24.9 Å². The molecule has 17 heavy (non-hydrogen) atoms. The number of hydrogen-bond acceptors (Lipinski definition) is 2. The first-order valence-corrected chi connectivity index (χ1v) is 5.76. The number of hydrogen-bond donors (Lipinski definition) is 1. The van der Waals surface area contributed by atoms with Gasteiger partial charge in [0.25, 0.3) is 0 Å². The molecule has 4 heteroatoms. The second-order valence-electron chi connectivity index (χ2n) is 4.11. The van der Waals surface area contributed by atoms with E-state index in [1.165, 1.54) is 6.07 Å². The van der Waals surface area contributed by atoms with Crippen molar-refractivity contribution in [1.82, 2.24) is 4.98 Å². The van der Waals surface area contributed by atoms with Crippen molar-refractivity contribution in [2.75, 3.05) is 5.32 Å². The van der Waals surface area contributed by atoms with Crippen LogP contribution in [0.5, 0.6) is 0 Å². The summed E-state index contributed by atoms with van der Waals surface area (Å²) in [4.78, 5) is 4.07. The summed E-state index contributed by atoms with van der Waals surface area (Å²) in [6.07, 6.45) is 4.25. The number of nitrogens with zero attached hydrogens (tertiary/aromatic N) is 1. The van der Waals surface area contributed by atoms with Crippen molar-refractivity contribution in [2.24, 2.45) is 0 Å². The summed E-state index contributed by atoms with van der Waals surface area (Å²) in [5.74, 6) is -0.293. The minimum Gasteiger partial charge on any atom is -0.375 e. The molecule has 2 nitrogen and oxygen atoms in total. The van der Waals surface area contributed by atoms with Gasteiger partial charge in [0.15, 0.2) is 0 Å². The van der Waals surface area contributed by atoms with Crippen LogP contribution in [-0.2, 0) is 6.42 Å². The summed E-state index contributed by atoms with van der Waals surface area (Å²) < 4.78 is 13.7. The van der Waals surface area contributed by atoms with E-state index in [4.69, 9.17) is 11.6 Å². The highest BCUT2D eigenvalue weighted by molar-refractivity contribution is 6.30. The predicted octanol–water partition coefficient (Wildman–Crippen LogP) is 3.58. The molecule has 0 bridgehead atoms. The van der Waals surface area contributed by atoms with Gasteiger partial charge < -0.3 is 5.32 Å². The number of fused-ring (bicyclic) bond motifs is 1. The first kappa shape index (κ1) is 10.5. The Morgan fingerprint density at radius 3 is 3.06 bits per heavy atom. The molecule has 1 aliphatic heterocycles. The van der Waals surface area contributed by atoms with Gasteiger partial charge in [0, 0.05) is 17.4 Å². The van der Waals surface area contributed by atoms with Crippen molar-refractivity contribution < 1.29 is 4.39 Å². The lowest BCUT2D eigenvalue weighted by Crippen LogP contribution is -2.06. The molecule has 0 spiro atoms. The van der Waals surface area contributed by atoms with Crippen LogP contribution in [0.1, 0.15) is 17.2 Å². The maximum absolute atomic E-state index is 13.7. The Bertz CT molecular complexity index is 557. The van der Waals surface area contributed by atoms with Gasteiger partial charge in [-0.3, -0.25) is 4.98 Å². The Labute approximate surface area is 103 Å². The van der Waals surface area contributed by atoms with Gasteiger partial charge in [-0.05, 0) is 35.7 Å². The van der Waals surface area contributed by atoms with E-state index in [2.05, 4.69) is 10.3 Å². The lowest BCUT2D eigenvalue weighted by Gasteiger charge is -2.10. The van der Waals surface area contributed by atoms with E-state index < -0.39 is 0 Å². The molecule has 0 aliphatic carbocycles. The van der Waals surface area contributed by atoms with Crippen LogP contribution in [0, 0.1) is 5.82 Å². The minimum atomic E-state index is -0.293. The molecule has 1 aromatic heterocycles. The van der Waals surface area contributed by atoms with Crippen molar-refractivity contribution in [2.45, 2.75) is 12.5 Å². The van der Waals surface area contributed by atoms with Crippen LogP contribution in [0.15, 0.2) is 36.7 Å². The van der Waals surface area contributed by atoms with Crippen molar-refractivity contribution in [1.29, 1.82) is 0 Å². The largest absolute Gasteiger partial charge is 0.375 e. The Kier molecular flexibility index (Phi) is 2.48. The van der Waals surface area contributed by atoms with E-state index in [9.17, 15) is 4.39 Å². The Balaban J connectivity index is 1.96. The van der Waals surface area contributed by atoms with E-state index in [1.54, 1.807) is 12.4 Å². The van der Waals surface area contributed by atoms with Gasteiger partial charge in [0.05, 0.1) is 11.7 Å². The molecule has 1 aromatic carbocycles. The number of benzene rings is 1. The van der Waals surface area contributed by atoms with Crippen LogP contribution in [0.3, 0.4) is 0 Å². The van der Waals surface area contributed by atoms with Crippen LogP contribution < -0.4 is 5.32 Å². The van der Waals surface area contributed by atoms with Gasteiger partial charge in [0.2, 0.25) is 0 Å². The molecule has 2 heterocycles. The summed E-state index contributed by atoms with van der Waals surface area (Å²) in [5, 5.41) is 3.61. The van der Waals surface area contributed by atoms with Gasteiger partial charge in [-0.1, -0.05) is 17.7 Å². The van der Waals surface area contributed by atoms with Crippen LogP contribution >= 0.6 is 11.6 Å². The normalized spacial score (nSPS) is 17.6. The van der Waals surface area contributed by atoms with E-state index in [1.807, 2.05) is 18.2 Å². The number of anilines is 1. The van der Waals surface area contributed by atoms with Crippen molar-refractivity contribution >= 4 is 17.3 Å². The molecular formula is C13H10ClFN2. The molecule has 0 amide bonds. The number of rotatable bonds is 1. The molecule has 1 aliphatic rings. The average molecular weight is 249 g/mol. The maximum Gasteiger partial charge on any atom is 0.148 e. The first-order valence-electron chi connectivity index (χ1n) is 5.38. The molecule has 1 N–H and O–H groups in total. The Morgan fingerprint density at radius 2 is 2.29 bits per heavy atom. The molecular weight excluding hydrogens is 239 g/mol. The highest BCUT2D eigenvalue weighted by atomic mass is 35.5. The summed E-state index contributed by atoms with van der Waals surface area (Å²) in [6, 6.07) is 7.08. The number of aromatic nitrogens is 1. The van der Waals surface area contributed by atoms with Crippen molar-refractivity contribution in [3.05, 3.63) is 58.6 Å². The molecule has 86 valence electrons. The maximum atomic E-state index is 13.7. The van der Waals surface area contributed by atoms with E-state index in [0.717, 1.165) is 17.5 Å². The third-order valence-electron chi connectivity index (χ3n) is 2.97. The standard InChI is InChI=1S/C13H10ClFN2/c14-10-4-9-5-12(8-2-1-3-16-7-8)17-13(9)11(15)6-10/h1-4,6-7,12,17H,5H2. The lowest BCUT2D eigenvalue weighted by atomic mass is 10.0. The molecule has 3 rings (SSSR count). The number of halogens is 2. The predicted molar refractivity (Wildman–Crippen MR) is 65.7 cm³/mol. The monoisotopic (exact) mass is 248 g/mol. The summed E-state index contributed by atoms with van der Waals surface area (Å²) >= 11 is 5.84. The van der Waals surface area contributed by atoms with Crippen LogP contribution in [0.4, 0.5) is 10.1 Å². The number of pyridine rings is 1. The third kappa shape index (κ3) is 1.87. The van der Waals surface area contributed by atoms with Crippen LogP contribution in [-0.4, -0.2) is 4.98 Å². The van der Waals surface area contributed by atoms with Gasteiger partial charge >= 0.3 is 0 Å². The summed E-state index contributed by atoms with van der Waals surface area (Å²) in [5.41, 5.74) is 2.53. The van der Waals surface area contributed by atoms with Crippen molar-refractivity contribution in [3.63, 3.8) is 0 Å². The minimum absolute atomic E-state index is 0.0756. The fourth-order valence-electron chi connectivity index (χ4n) is 2.18. The molecule has 0 saturated carbocycles. The quantitative estimate of drug-likeness (QED) is 0.834. The van der Waals surface area contributed by atoms with E-state index >= 15 is 0 Å². The second kappa shape index (κ2) is 4.00. The SMILES string of the molecule is Fc1cc(Cl)cc2c1NC(c1cccnc1)C2. The van der Waals surface area contributed by atoms with Gasteiger partial charge in [-0.15, -0.1) is 0 Å². The van der Waals surface area contributed by atoms with Gasteiger partial charge in [-0.2, -0.15) is 0 Å². The fourth-order valence-corrected chi connectivity index (χ4v) is 2.41. The Hall–Kier alpha value is -1.61. The highest BCUT2D eigenvalue weighted by Crippen LogP contribution is 2.37. The third-order valence-corrected chi connectivity index (χ3v) is 3.18. The van der Waals surface area contributed by atoms with Crippen LogP contribution in [0.2, 0.25) is 5.02 Å². The zero-order chi connectivity index (χ0) is 11.8. The molecule has 2 aromatic rings. The Morgan fingerprint density at radius 1 is 1.41 bits per heavy atom.